The van der Waals surface area contributed by atoms with Gasteiger partial charge in [0.25, 0.3) is 0 Å². The molecule has 122 valence electrons. The van der Waals surface area contributed by atoms with Crippen LogP contribution in [0.4, 0.5) is 4.79 Å². The molecular weight excluding hydrogens is 320 g/mol. The predicted molar refractivity (Wildman–Crippen MR) is 86.4 cm³/mol. The molecule has 2 aromatic carbocycles. The summed E-state index contributed by atoms with van der Waals surface area (Å²) in [7, 11) is 0. The molecule has 0 spiro atoms. The zero-order valence-corrected chi connectivity index (χ0v) is 13.3. The van der Waals surface area contributed by atoms with Crippen LogP contribution in [0.1, 0.15) is 6.92 Å². The van der Waals surface area contributed by atoms with E-state index in [1.165, 1.54) is 0 Å². The van der Waals surface area contributed by atoms with Crippen LogP contribution in [0.15, 0.2) is 54.6 Å². The molecule has 0 saturated heterocycles. The van der Waals surface area contributed by atoms with E-state index in [4.69, 9.17) is 30.9 Å². The van der Waals surface area contributed by atoms with Gasteiger partial charge in [0.2, 0.25) is 0 Å². The molecule has 5 nitrogen and oxygen atoms in total. The number of hydrogen-bond donors (Lipinski definition) is 1. The SMILES string of the molecule is CC(Oc1ccc(Cl)cc1)C(COc1ccccc1)OC(=O)O. The van der Waals surface area contributed by atoms with Crippen LogP contribution >= 0.6 is 11.6 Å². The Morgan fingerprint density at radius 1 is 1.09 bits per heavy atom. The topological polar surface area (TPSA) is 65.0 Å². The lowest BCUT2D eigenvalue weighted by Gasteiger charge is -2.24. The van der Waals surface area contributed by atoms with Crippen molar-refractivity contribution < 1.29 is 24.1 Å². The second-order valence-electron chi connectivity index (χ2n) is 4.82. The van der Waals surface area contributed by atoms with Crippen molar-refractivity contribution >= 4 is 17.8 Å². The number of benzene rings is 2. The molecular formula is C17H17ClO5. The van der Waals surface area contributed by atoms with Crippen molar-refractivity contribution in [3.8, 4) is 11.5 Å². The van der Waals surface area contributed by atoms with E-state index in [2.05, 4.69) is 0 Å². The highest BCUT2D eigenvalue weighted by molar-refractivity contribution is 6.30. The zero-order valence-electron chi connectivity index (χ0n) is 12.5. The van der Waals surface area contributed by atoms with E-state index in [-0.39, 0.29) is 6.61 Å². The van der Waals surface area contributed by atoms with E-state index in [1.54, 1.807) is 43.3 Å². The van der Waals surface area contributed by atoms with Crippen LogP contribution in [0.2, 0.25) is 5.02 Å². The summed E-state index contributed by atoms with van der Waals surface area (Å²) in [6.45, 7) is 1.77. The van der Waals surface area contributed by atoms with Crippen molar-refractivity contribution in [2.45, 2.75) is 19.1 Å². The second kappa shape index (κ2) is 8.29. The fraction of sp³-hybridized carbons (Fsp3) is 0.235. The lowest BCUT2D eigenvalue weighted by Crippen LogP contribution is -2.38. The summed E-state index contributed by atoms with van der Waals surface area (Å²) in [6.07, 6.45) is -2.68. The molecule has 2 aromatic rings. The van der Waals surface area contributed by atoms with Crippen molar-refractivity contribution in [2.24, 2.45) is 0 Å². The molecule has 2 rings (SSSR count). The average Bonchev–Trinajstić information content (AvgIpc) is 2.54. The number of rotatable bonds is 7. The minimum atomic E-state index is -1.38. The fourth-order valence-corrected chi connectivity index (χ4v) is 2.02. The van der Waals surface area contributed by atoms with E-state index >= 15 is 0 Å². The van der Waals surface area contributed by atoms with E-state index in [0.29, 0.717) is 16.5 Å². The molecule has 2 unspecified atom stereocenters. The zero-order chi connectivity index (χ0) is 16.7. The quantitative estimate of drug-likeness (QED) is 0.766. The van der Waals surface area contributed by atoms with Crippen molar-refractivity contribution in [1.29, 1.82) is 0 Å². The molecule has 0 aliphatic heterocycles. The summed E-state index contributed by atoms with van der Waals surface area (Å²) in [4.78, 5) is 10.9. The van der Waals surface area contributed by atoms with Gasteiger partial charge in [-0.25, -0.2) is 4.79 Å². The molecule has 2 atom stereocenters. The van der Waals surface area contributed by atoms with Crippen LogP contribution in [0.25, 0.3) is 0 Å². The van der Waals surface area contributed by atoms with E-state index in [0.717, 1.165) is 0 Å². The number of ether oxygens (including phenoxy) is 3. The lowest BCUT2D eigenvalue weighted by molar-refractivity contribution is -0.0224. The number of carboxylic acid groups (broad SMARTS) is 1. The summed E-state index contributed by atoms with van der Waals surface area (Å²) < 4.78 is 16.1. The standard InChI is InChI=1S/C17H17ClO5/c1-12(22-15-9-7-13(18)8-10-15)16(23-17(19)20)11-21-14-5-3-2-4-6-14/h2-10,12,16H,11H2,1H3,(H,19,20). The van der Waals surface area contributed by atoms with Gasteiger partial charge in [0.05, 0.1) is 0 Å². The highest BCUT2D eigenvalue weighted by atomic mass is 35.5. The first-order chi connectivity index (χ1) is 11.0. The Morgan fingerprint density at radius 2 is 1.74 bits per heavy atom. The van der Waals surface area contributed by atoms with Gasteiger partial charge in [-0.05, 0) is 43.3 Å². The molecule has 0 heterocycles. The van der Waals surface area contributed by atoms with Gasteiger partial charge < -0.3 is 19.3 Å². The first-order valence-corrected chi connectivity index (χ1v) is 7.42. The first kappa shape index (κ1) is 17.0. The summed E-state index contributed by atoms with van der Waals surface area (Å²) >= 11 is 5.82. The Hall–Kier alpha value is -2.40. The van der Waals surface area contributed by atoms with Gasteiger partial charge in [-0.3, -0.25) is 0 Å². The third-order valence-electron chi connectivity index (χ3n) is 3.07. The molecule has 0 aliphatic carbocycles. The minimum absolute atomic E-state index is 0.0467. The smallest absolute Gasteiger partial charge is 0.490 e. The van der Waals surface area contributed by atoms with Gasteiger partial charge in [-0.1, -0.05) is 29.8 Å². The highest BCUT2D eigenvalue weighted by Crippen LogP contribution is 2.19. The molecule has 0 bridgehead atoms. The molecule has 0 radical (unpaired) electrons. The molecule has 0 aromatic heterocycles. The Morgan fingerprint density at radius 3 is 2.35 bits per heavy atom. The van der Waals surface area contributed by atoms with Crippen LogP contribution in [0.3, 0.4) is 0 Å². The molecule has 0 fully saturated rings. The third kappa shape index (κ3) is 5.71. The normalized spacial score (nSPS) is 13.0. The van der Waals surface area contributed by atoms with Crippen molar-refractivity contribution in [1.82, 2.24) is 0 Å². The van der Waals surface area contributed by atoms with Crippen LogP contribution in [0.5, 0.6) is 11.5 Å². The first-order valence-electron chi connectivity index (χ1n) is 7.04. The van der Waals surface area contributed by atoms with E-state index in [9.17, 15) is 4.79 Å². The number of halogens is 1. The van der Waals surface area contributed by atoms with Gasteiger partial charge in [0.1, 0.15) is 24.2 Å². The van der Waals surface area contributed by atoms with Crippen LogP contribution in [-0.4, -0.2) is 30.1 Å². The molecule has 0 aliphatic rings. The number of para-hydroxylation sites is 1. The lowest BCUT2D eigenvalue weighted by atomic mass is 10.2. The molecule has 0 saturated carbocycles. The van der Waals surface area contributed by atoms with Crippen LogP contribution in [-0.2, 0) is 4.74 Å². The van der Waals surface area contributed by atoms with Gasteiger partial charge in [0.15, 0.2) is 6.10 Å². The molecule has 23 heavy (non-hydrogen) atoms. The maximum Gasteiger partial charge on any atom is 0.506 e. The summed E-state index contributed by atoms with van der Waals surface area (Å²) in [5.74, 6) is 1.20. The predicted octanol–water partition coefficient (Wildman–Crippen LogP) is 4.25. The van der Waals surface area contributed by atoms with Crippen LogP contribution in [0, 0.1) is 0 Å². The summed E-state index contributed by atoms with van der Waals surface area (Å²) in [6, 6.07) is 15.9. The summed E-state index contributed by atoms with van der Waals surface area (Å²) in [5, 5.41) is 9.47. The molecule has 0 amide bonds. The molecule has 6 heteroatoms. The maximum absolute atomic E-state index is 10.9. The van der Waals surface area contributed by atoms with Gasteiger partial charge >= 0.3 is 6.16 Å². The van der Waals surface area contributed by atoms with Crippen molar-refractivity contribution in [3.05, 3.63) is 59.6 Å². The maximum atomic E-state index is 10.9. The monoisotopic (exact) mass is 336 g/mol. The Bertz CT molecular complexity index is 615. The minimum Gasteiger partial charge on any atom is -0.490 e. The van der Waals surface area contributed by atoms with Crippen molar-refractivity contribution in [3.63, 3.8) is 0 Å². The van der Waals surface area contributed by atoms with Gasteiger partial charge in [0, 0.05) is 5.02 Å². The number of hydrogen-bond acceptors (Lipinski definition) is 4. The number of carbonyl (C=O) groups is 1. The summed E-state index contributed by atoms with van der Waals surface area (Å²) in [5.41, 5.74) is 0. The van der Waals surface area contributed by atoms with Gasteiger partial charge in [-0.2, -0.15) is 0 Å². The highest BCUT2D eigenvalue weighted by Gasteiger charge is 2.24. The van der Waals surface area contributed by atoms with E-state index in [1.807, 2.05) is 18.2 Å². The third-order valence-corrected chi connectivity index (χ3v) is 3.32. The Labute approximate surface area is 139 Å². The fourth-order valence-electron chi connectivity index (χ4n) is 1.89. The largest absolute Gasteiger partial charge is 0.506 e. The van der Waals surface area contributed by atoms with E-state index < -0.39 is 18.4 Å². The second-order valence-corrected chi connectivity index (χ2v) is 5.26. The molecule has 1 N–H and O–H groups in total. The Balaban J connectivity index is 1.98. The average molecular weight is 337 g/mol. The Kier molecular flexibility index (Phi) is 6.11. The van der Waals surface area contributed by atoms with Crippen LogP contribution < -0.4 is 9.47 Å². The van der Waals surface area contributed by atoms with Crippen molar-refractivity contribution in [2.75, 3.05) is 6.61 Å². The van der Waals surface area contributed by atoms with Gasteiger partial charge in [-0.15, -0.1) is 0 Å².